The van der Waals surface area contributed by atoms with Gasteiger partial charge in [0.2, 0.25) is 0 Å². The number of carbonyl (C=O) groups excluding carboxylic acids is 1. The molecule has 0 saturated carbocycles. The summed E-state index contributed by atoms with van der Waals surface area (Å²) < 4.78 is 19.2. The zero-order valence-corrected chi connectivity index (χ0v) is 9.94. The van der Waals surface area contributed by atoms with E-state index in [1.54, 1.807) is 6.92 Å². The summed E-state index contributed by atoms with van der Waals surface area (Å²) in [7, 11) is -2.95. The van der Waals surface area contributed by atoms with Crippen LogP contribution in [0.4, 0.5) is 4.79 Å². The van der Waals surface area contributed by atoms with Crippen LogP contribution in [0.3, 0.4) is 0 Å². The van der Waals surface area contributed by atoms with E-state index in [1.807, 2.05) is 30.3 Å². The van der Waals surface area contributed by atoms with Gasteiger partial charge < -0.3 is 4.74 Å². The molecule has 5 nitrogen and oxygen atoms in total. The summed E-state index contributed by atoms with van der Waals surface area (Å²) in [5.74, 6) is 0. The Balaban J connectivity index is 2.70. The van der Waals surface area contributed by atoms with Gasteiger partial charge in [0.1, 0.15) is 16.0 Å². The molecule has 2 N–H and O–H groups in total. The Morgan fingerprint density at radius 3 is 2.50 bits per heavy atom. The summed E-state index contributed by atoms with van der Waals surface area (Å²) in [6.07, 6.45) is -0.188. The largest absolute Gasteiger partial charge is 0.443 e. The number of ether oxygens (including phenoxy) is 1. The van der Waals surface area contributed by atoms with Crippen LogP contribution >= 0.6 is 0 Å². The first-order chi connectivity index (χ1) is 7.38. The van der Waals surface area contributed by atoms with Crippen molar-refractivity contribution < 1.29 is 13.7 Å². The van der Waals surface area contributed by atoms with Gasteiger partial charge in [-0.15, -0.1) is 4.36 Å². The van der Waals surface area contributed by atoms with Gasteiger partial charge in [0.25, 0.3) is 0 Å². The van der Waals surface area contributed by atoms with Crippen molar-refractivity contribution in [1.29, 1.82) is 0 Å². The summed E-state index contributed by atoms with van der Waals surface area (Å²) in [5.41, 5.74) is 0.839. The third-order valence-electron chi connectivity index (χ3n) is 1.80. The van der Waals surface area contributed by atoms with Gasteiger partial charge in [0.05, 0.1) is 0 Å². The van der Waals surface area contributed by atoms with Crippen molar-refractivity contribution in [3.05, 3.63) is 35.9 Å². The average molecular weight is 242 g/mol. The average Bonchev–Trinajstić information content (AvgIpc) is 2.16. The van der Waals surface area contributed by atoms with Crippen LogP contribution in [0.2, 0.25) is 0 Å². The minimum atomic E-state index is -2.95. The highest BCUT2D eigenvalue weighted by molar-refractivity contribution is 7.90. The van der Waals surface area contributed by atoms with Crippen molar-refractivity contribution in [2.24, 2.45) is 9.50 Å². The SMILES string of the molecule is C[C@@H](OC(=O)N=S(C)(N)=O)c1ccccc1. The summed E-state index contributed by atoms with van der Waals surface area (Å²) in [6.45, 7) is 1.71. The molecule has 0 aromatic heterocycles. The standard InChI is InChI=1S/C10H14N2O3S/c1-8(9-6-4-3-5-7-9)15-10(13)12-16(2,11)14/h3-8H,1-2H3,(H2,11,12,13,14)/t8-,16?/m1/s1. The molecule has 0 bridgehead atoms. The molecule has 1 unspecified atom stereocenters. The Labute approximate surface area is 94.9 Å². The number of carbonyl (C=O) groups is 1. The molecule has 88 valence electrons. The van der Waals surface area contributed by atoms with E-state index >= 15 is 0 Å². The van der Waals surface area contributed by atoms with E-state index in [9.17, 15) is 9.00 Å². The number of rotatable bonds is 2. The van der Waals surface area contributed by atoms with Gasteiger partial charge in [-0.2, -0.15) is 0 Å². The first-order valence-corrected chi connectivity index (χ1v) is 6.62. The Morgan fingerprint density at radius 2 is 2.00 bits per heavy atom. The van der Waals surface area contributed by atoms with Gasteiger partial charge in [-0.05, 0) is 12.5 Å². The maximum Gasteiger partial charge on any atom is 0.443 e. The molecule has 1 aromatic carbocycles. The van der Waals surface area contributed by atoms with Gasteiger partial charge in [-0.25, -0.2) is 14.1 Å². The Kier molecular flexibility index (Phi) is 4.03. The van der Waals surface area contributed by atoms with Crippen LogP contribution in [0, 0.1) is 0 Å². The van der Waals surface area contributed by atoms with Crippen LogP contribution in [0.15, 0.2) is 34.7 Å². The van der Waals surface area contributed by atoms with Gasteiger partial charge in [0.15, 0.2) is 0 Å². The van der Waals surface area contributed by atoms with Crippen LogP contribution in [0.1, 0.15) is 18.6 Å². The number of hydrogen-bond acceptors (Lipinski definition) is 3. The molecule has 0 aliphatic rings. The lowest BCUT2D eigenvalue weighted by molar-refractivity contribution is 0.117. The first-order valence-electron chi connectivity index (χ1n) is 4.64. The molecule has 0 saturated heterocycles. The van der Waals surface area contributed by atoms with Crippen molar-refractivity contribution in [2.45, 2.75) is 13.0 Å². The van der Waals surface area contributed by atoms with Gasteiger partial charge in [-0.3, -0.25) is 0 Å². The van der Waals surface area contributed by atoms with E-state index in [1.165, 1.54) is 6.26 Å². The topological polar surface area (TPSA) is 81.8 Å². The molecule has 0 aliphatic heterocycles. The molecular weight excluding hydrogens is 228 g/mol. The Morgan fingerprint density at radius 1 is 1.44 bits per heavy atom. The minimum absolute atomic E-state index is 0.445. The summed E-state index contributed by atoms with van der Waals surface area (Å²) >= 11 is 0. The highest BCUT2D eigenvalue weighted by Crippen LogP contribution is 2.16. The van der Waals surface area contributed by atoms with Crippen molar-refractivity contribution in [3.63, 3.8) is 0 Å². The maximum atomic E-state index is 11.2. The van der Waals surface area contributed by atoms with Crippen LogP contribution in [0.25, 0.3) is 0 Å². The van der Waals surface area contributed by atoms with Crippen molar-refractivity contribution >= 4 is 16.0 Å². The van der Waals surface area contributed by atoms with E-state index in [4.69, 9.17) is 9.88 Å². The van der Waals surface area contributed by atoms with Crippen LogP contribution in [0.5, 0.6) is 0 Å². The van der Waals surface area contributed by atoms with E-state index in [-0.39, 0.29) is 0 Å². The first kappa shape index (κ1) is 12.7. The molecule has 6 heteroatoms. The molecule has 0 radical (unpaired) electrons. The predicted octanol–water partition coefficient (Wildman–Crippen LogP) is 1.86. The minimum Gasteiger partial charge on any atom is -0.440 e. The predicted molar refractivity (Wildman–Crippen MR) is 62.0 cm³/mol. The zero-order chi connectivity index (χ0) is 12.2. The second kappa shape index (κ2) is 5.09. The lowest BCUT2D eigenvalue weighted by Crippen LogP contribution is -2.13. The third-order valence-corrected chi connectivity index (χ3v) is 2.31. The number of nitrogens with two attached hydrogens (primary N) is 1. The molecule has 1 amide bonds. The van der Waals surface area contributed by atoms with Crippen LogP contribution in [-0.4, -0.2) is 16.6 Å². The maximum absolute atomic E-state index is 11.2. The summed E-state index contributed by atoms with van der Waals surface area (Å²) in [4.78, 5) is 11.2. The lowest BCUT2D eigenvalue weighted by Gasteiger charge is -2.11. The lowest BCUT2D eigenvalue weighted by atomic mass is 10.1. The zero-order valence-electron chi connectivity index (χ0n) is 9.12. The molecule has 1 rings (SSSR count). The molecule has 2 atom stereocenters. The van der Waals surface area contributed by atoms with E-state index in [2.05, 4.69) is 4.36 Å². The molecule has 0 fully saturated rings. The van der Waals surface area contributed by atoms with Crippen molar-refractivity contribution in [1.82, 2.24) is 0 Å². The van der Waals surface area contributed by atoms with Gasteiger partial charge in [-0.1, -0.05) is 30.3 Å². The fourth-order valence-corrected chi connectivity index (χ4v) is 1.45. The number of benzene rings is 1. The van der Waals surface area contributed by atoms with E-state index < -0.39 is 22.1 Å². The quantitative estimate of drug-likeness (QED) is 0.859. The molecule has 16 heavy (non-hydrogen) atoms. The Hall–Kier alpha value is -1.40. The van der Waals surface area contributed by atoms with Crippen LogP contribution in [-0.2, 0) is 14.7 Å². The summed E-state index contributed by atoms with van der Waals surface area (Å²) in [5, 5.41) is 5.11. The number of hydrogen-bond donors (Lipinski definition) is 1. The molecular formula is C10H14N2O3S. The third kappa shape index (κ3) is 4.41. The smallest absolute Gasteiger partial charge is 0.440 e. The molecule has 0 aliphatic carbocycles. The fraction of sp³-hybridized carbons (Fsp3) is 0.300. The molecule has 0 heterocycles. The normalized spacial score (nSPS) is 15.9. The number of nitrogens with zero attached hydrogens (tertiary/aromatic N) is 1. The highest BCUT2D eigenvalue weighted by Gasteiger charge is 2.11. The second-order valence-corrected chi connectivity index (χ2v) is 5.29. The molecule has 0 spiro atoms. The van der Waals surface area contributed by atoms with Crippen molar-refractivity contribution in [2.75, 3.05) is 6.26 Å². The highest BCUT2D eigenvalue weighted by atomic mass is 32.2. The fourth-order valence-electron chi connectivity index (χ4n) is 1.11. The van der Waals surface area contributed by atoms with Gasteiger partial charge in [0, 0.05) is 6.26 Å². The molecule has 1 aromatic rings. The number of amides is 1. The summed E-state index contributed by atoms with van der Waals surface area (Å²) in [6, 6.07) is 9.18. The van der Waals surface area contributed by atoms with E-state index in [0.29, 0.717) is 0 Å². The van der Waals surface area contributed by atoms with Gasteiger partial charge >= 0.3 is 6.09 Å². The van der Waals surface area contributed by atoms with Crippen molar-refractivity contribution in [3.8, 4) is 0 Å². The Bertz CT molecular complexity index is 470. The van der Waals surface area contributed by atoms with E-state index in [0.717, 1.165) is 5.56 Å². The second-order valence-electron chi connectivity index (χ2n) is 3.39. The van der Waals surface area contributed by atoms with Crippen LogP contribution < -0.4 is 5.14 Å². The monoisotopic (exact) mass is 242 g/mol.